The Bertz CT molecular complexity index is 1170. The summed E-state index contributed by atoms with van der Waals surface area (Å²) >= 11 is 0. The molecule has 3 rings (SSSR count). The second-order valence-corrected chi connectivity index (χ2v) is 7.60. The third-order valence-corrected chi connectivity index (χ3v) is 5.64. The number of fused-ring (bicyclic) bond motifs is 2. The summed E-state index contributed by atoms with van der Waals surface area (Å²) in [4.78, 5) is 23.8. The van der Waals surface area contributed by atoms with E-state index in [4.69, 9.17) is 14.3 Å². The predicted octanol–water partition coefficient (Wildman–Crippen LogP) is 2.45. The number of hydrogen-bond donors (Lipinski definition) is 1. The summed E-state index contributed by atoms with van der Waals surface area (Å²) in [7, 11) is -2.32. The van der Waals surface area contributed by atoms with Gasteiger partial charge in [0.05, 0.1) is 29.2 Å². The molecule has 1 aromatic heterocycles. The van der Waals surface area contributed by atoms with E-state index >= 15 is 0 Å². The molecule has 0 saturated carbocycles. The van der Waals surface area contributed by atoms with E-state index in [1.165, 1.54) is 44.4 Å². The van der Waals surface area contributed by atoms with Crippen LogP contribution in [-0.2, 0) is 9.84 Å². The van der Waals surface area contributed by atoms with Gasteiger partial charge in [-0.1, -0.05) is 6.92 Å². The van der Waals surface area contributed by atoms with Crippen LogP contribution in [0.4, 0.5) is 0 Å². The Hall–Kier alpha value is -2.87. The van der Waals surface area contributed by atoms with Gasteiger partial charge in [-0.25, -0.2) is 13.2 Å². The van der Waals surface area contributed by atoms with Crippen LogP contribution >= 0.6 is 0 Å². The van der Waals surface area contributed by atoms with Gasteiger partial charge in [0.2, 0.25) is 5.43 Å². The predicted molar refractivity (Wildman–Crippen MR) is 91.2 cm³/mol. The minimum Gasteiger partial charge on any atom is -0.497 e. The smallest absolute Gasteiger partial charge is 0.335 e. The third-order valence-electron chi connectivity index (χ3n) is 3.91. The van der Waals surface area contributed by atoms with E-state index in [1.54, 1.807) is 0 Å². The Morgan fingerprint density at radius 2 is 1.92 bits per heavy atom. The van der Waals surface area contributed by atoms with E-state index in [9.17, 15) is 18.0 Å². The molecule has 1 heterocycles. The molecule has 0 radical (unpaired) electrons. The number of carbonyl (C=O) groups is 1. The van der Waals surface area contributed by atoms with E-state index in [-0.39, 0.29) is 43.9 Å². The normalized spacial score (nSPS) is 11.8. The van der Waals surface area contributed by atoms with Gasteiger partial charge in [0.25, 0.3) is 0 Å². The van der Waals surface area contributed by atoms with Crippen molar-refractivity contribution in [3.05, 3.63) is 46.1 Å². The van der Waals surface area contributed by atoms with Crippen LogP contribution in [0.3, 0.4) is 0 Å². The first-order valence-corrected chi connectivity index (χ1v) is 8.98. The van der Waals surface area contributed by atoms with E-state index in [0.29, 0.717) is 0 Å². The second kappa shape index (κ2) is 5.89. The summed E-state index contributed by atoms with van der Waals surface area (Å²) in [5.41, 5.74) is -0.544. The molecule has 8 heteroatoms. The summed E-state index contributed by atoms with van der Waals surface area (Å²) in [6, 6.07) is 6.52. The van der Waals surface area contributed by atoms with Crippen molar-refractivity contribution >= 4 is 37.7 Å². The first-order chi connectivity index (χ1) is 11.8. The third kappa shape index (κ3) is 2.74. The zero-order valence-corrected chi connectivity index (χ0v) is 14.2. The van der Waals surface area contributed by atoms with Gasteiger partial charge in [-0.05, 0) is 24.3 Å². The molecule has 0 aliphatic carbocycles. The van der Waals surface area contributed by atoms with Gasteiger partial charge in [-0.2, -0.15) is 0 Å². The molecular weight excluding hydrogens is 348 g/mol. The van der Waals surface area contributed by atoms with E-state index in [0.717, 1.165) is 0 Å². The van der Waals surface area contributed by atoms with Crippen molar-refractivity contribution in [1.29, 1.82) is 0 Å². The lowest BCUT2D eigenvalue weighted by Gasteiger charge is -2.10. The largest absolute Gasteiger partial charge is 0.497 e. The summed E-state index contributed by atoms with van der Waals surface area (Å²) < 4.78 is 35.5. The van der Waals surface area contributed by atoms with E-state index in [2.05, 4.69) is 0 Å². The number of carboxylic acids is 1. The van der Waals surface area contributed by atoms with Gasteiger partial charge in [0, 0.05) is 6.07 Å². The van der Waals surface area contributed by atoms with Crippen LogP contribution in [0.25, 0.3) is 21.9 Å². The van der Waals surface area contributed by atoms with Crippen LogP contribution in [0.2, 0.25) is 0 Å². The van der Waals surface area contributed by atoms with Gasteiger partial charge < -0.3 is 14.3 Å². The van der Waals surface area contributed by atoms with E-state index < -0.39 is 21.2 Å². The minimum atomic E-state index is -3.67. The molecule has 0 spiro atoms. The number of rotatable bonds is 4. The number of methoxy groups -OCH3 is 1. The Morgan fingerprint density at radius 1 is 1.20 bits per heavy atom. The fourth-order valence-electron chi connectivity index (χ4n) is 2.54. The molecular formula is C17H14O7S. The lowest BCUT2D eigenvalue weighted by molar-refractivity contribution is 0.0697. The highest BCUT2D eigenvalue weighted by Crippen LogP contribution is 2.30. The molecule has 0 bridgehead atoms. The standard InChI is InChI=1S/C17H14O7S/c1-3-25(21,22)14-8-10(23-2)7-12-15(18)11-6-9(17(19)20)4-5-13(11)24-16(12)14/h4-8H,3H2,1-2H3,(H,19,20). The minimum absolute atomic E-state index is 0.0152. The van der Waals surface area contributed by atoms with Crippen molar-refractivity contribution < 1.29 is 27.5 Å². The van der Waals surface area contributed by atoms with Gasteiger partial charge in [0.15, 0.2) is 15.4 Å². The van der Waals surface area contributed by atoms with Crippen molar-refractivity contribution in [3.63, 3.8) is 0 Å². The first kappa shape index (κ1) is 17.0. The van der Waals surface area contributed by atoms with Crippen molar-refractivity contribution in [2.24, 2.45) is 0 Å². The fraction of sp³-hybridized carbons (Fsp3) is 0.176. The zero-order chi connectivity index (χ0) is 18.4. The number of ether oxygens (including phenoxy) is 1. The molecule has 0 atom stereocenters. The van der Waals surface area contributed by atoms with Crippen LogP contribution in [0, 0.1) is 0 Å². The maximum atomic E-state index is 12.8. The van der Waals surface area contributed by atoms with Crippen molar-refractivity contribution in [1.82, 2.24) is 0 Å². The Balaban J connectivity index is 2.52. The molecule has 130 valence electrons. The number of benzene rings is 2. The zero-order valence-electron chi connectivity index (χ0n) is 13.4. The number of hydrogen-bond acceptors (Lipinski definition) is 6. The van der Waals surface area contributed by atoms with Gasteiger partial charge in [-0.15, -0.1) is 0 Å². The number of sulfone groups is 1. The lowest BCUT2D eigenvalue weighted by Crippen LogP contribution is -2.09. The van der Waals surface area contributed by atoms with Crippen LogP contribution in [-0.4, -0.2) is 32.4 Å². The molecule has 0 unspecified atom stereocenters. The lowest BCUT2D eigenvalue weighted by atomic mass is 10.1. The quantitative estimate of drug-likeness (QED) is 0.710. The highest BCUT2D eigenvalue weighted by atomic mass is 32.2. The van der Waals surface area contributed by atoms with Crippen LogP contribution < -0.4 is 10.2 Å². The Morgan fingerprint density at radius 3 is 2.52 bits per heavy atom. The SMILES string of the molecule is CCS(=O)(=O)c1cc(OC)cc2c(=O)c3cc(C(=O)O)ccc3oc12. The molecule has 2 aromatic carbocycles. The molecule has 3 aromatic rings. The molecule has 1 N–H and O–H groups in total. The molecule has 0 saturated heterocycles. The molecule has 0 aliphatic heterocycles. The van der Waals surface area contributed by atoms with E-state index in [1.807, 2.05) is 0 Å². The highest BCUT2D eigenvalue weighted by molar-refractivity contribution is 7.91. The van der Waals surface area contributed by atoms with Gasteiger partial charge in [-0.3, -0.25) is 4.79 Å². The highest BCUT2D eigenvalue weighted by Gasteiger charge is 2.22. The molecule has 0 fully saturated rings. The van der Waals surface area contributed by atoms with Crippen LogP contribution in [0.1, 0.15) is 17.3 Å². The summed E-state index contributed by atoms with van der Waals surface area (Å²) in [6.07, 6.45) is 0. The van der Waals surface area contributed by atoms with Gasteiger partial charge in [0.1, 0.15) is 16.2 Å². The van der Waals surface area contributed by atoms with Crippen molar-refractivity contribution in [2.45, 2.75) is 11.8 Å². The first-order valence-electron chi connectivity index (χ1n) is 7.33. The second-order valence-electron chi connectivity index (χ2n) is 5.35. The Labute approximate surface area is 142 Å². The average molecular weight is 362 g/mol. The monoisotopic (exact) mass is 362 g/mol. The number of aromatic carboxylic acids is 1. The summed E-state index contributed by atoms with van der Waals surface area (Å²) in [6.45, 7) is 1.49. The maximum absolute atomic E-state index is 12.8. The maximum Gasteiger partial charge on any atom is 0.335 e. The van der Waals surface area contributed by atoms with Crippen molar-refractivity contribution in [3.8, 4) is 5.75 Å². The molecule has 7 nitrogen and oxygen atoms in total. The number of carboxylic acid groups (broad SMARTS) is 1. The molecule has 0 aliphatic rings. The molecule has 0 amide bonds. The Kier molecular flexibility index (Phi) is 4.00. The summed E-state index contributed by atoms with van der Waals surface area (Å²) in [5, 5.41) is 9.15. The van der Waals surface area contributed by atoms with Gasteiger partial charge >= 0.3 is 5.97 Å². The summed E-state index contributed by atoms with van der Waals surface area (Å²) in [5.74, 6) is -1.16. The van der Waals surface area contributed by atoms with Crippen LogP contribution in [0.15, 0.2) is 44.4 Å². The topological polar surface area (TPSA) is 111 Å². The molecule has 25 heavy (non-hydrogen) atoms. The van der Waals surface area contributed by atoms with Crippen molar-refractivity contribution in [2.75, 3.05) is 12.9 Å². The fourth-order valence-corrected chi connectivity index (χ4v) is 3.58. The van der Waals surface area contributed by atoms with Crippen LogP contribution in [0.5, 0.6) is 5.75 Å². The average Bonchev–Trinajstić information content (AvgIpc) is 2.60.